The Hall–Kier alpha value is -1.15. The fourth-order valence-corrected chi connectivity index (χ4v) is 4.08. The van der Waals surface area contributed by atoms with Crippen molar-refractivity contribution in [2.45, 2.75) is 24.0 Å². The second kappa shape index (κ2) is 6.31. The molecule has 0 radical (unpaired) electrons. The van der Waals surface area contributed by atoms with Gasteiger partial charge in [0, 0.05) is 24.7 Å². The first-order chi connectivity index (χ1) is 9.90. The molecule has 1 N–H and O–H groups in total. The molecule has 0 saturated carbocycles. The third-order valence-corrected chi connectivity index (χ3v) is 5.78. The standard InChI is InChI=1S/C14H22N2O4S/c1-15(2)12-6-7-16(9-12)21(18,19)13-4-5-14(20-3)11(8-13)10-17/h4-5,8,12,17H,6-7,9-10H2,1-3H3. The minimum Gasteiger partial charge on any atom is -0.496 e. The van der Waals surface area contributed by atoms with Gasteiger partial charge in [0.05, 0.1) is 18.6 Å². The lowest BCUT2D eigenvalue weighted by Gasteiger charge is -2.20. The smallest absolute Gasteiger partial charge is 0.243 e. The fourth-order valence-electron chi connectivity index (χ4n) is 2.54. The maximum atomic E-state index is 12.7. The summed E-state index contributed by atoms with van der Waals surface area (Å²) in [5, 5.41) is 9.32. The Morgan fingerprint density at radius 1 is 1.43 bits per heavy atom. The summed E-state index contributed by atoms with van der Waals surface area (Å²) >= 11 is 0. The van der Waals surface area contributed by atoms with Crippen LogP contribution < -0.4 is 4.74 Å². The van der Waals surface area contributed by atoms with Gasteiger partial charge < -0.3 is 14.7 Å². The van der Waals surface area contributed by atoms with Crippen LogP contribution in [0.15, 0.2) is 23.1 Å². The number of methoxy groups -OCH3 is 1. The average Bonchev–Trinajstić information content (AvgIpc) is 2.97. The lowest BCUT2D eigenvalue weighted by atomic mass is 10.2. The van der Waals surface area contributed by atoms with Gasteiger partial charge in [-0.25, -0.2) is 8.42 Å². The minimum atomic E-state index is -3.52. The molecule has 0 aliphatic carbocycles. The van der Waals surface area contributed by atoms with Crippen molar-refractivity contribution in [1.82, 2.24) is 9.21 Å². The zero-order valence-electron chi connectivity index (χ0n) is 12.6. The Morgan fingerprint density at radius 3 is 2.67 bits per heavy atom. The van der Waals surface area contributed by atoms with E-state index in [1.165, 1.54) is 23.5 Å². The quantitative estimate of drug-likeness (QED) is 0.858. The third kappa shape index (κ3) is 3.21. The van der Waals surface area contributed by atoms with Crippen LogP contribution in [0.2, 0.25) is 0 Å². The van der Waals surface area contributed by atoms with Gasteiger partial charge in [-0.3, -0.25) is 0 Å². The summed E-state index contributed by atoms with van der Waals surface area (Å²) in [6.07, 6.45) is 0.829. The highest BCUT2D eigenvalue weighted by atomic mass is 32.2. The zero-order valence-corrected chi connectivity index (χ0v) is 13.4. The molecule has 0 bridgehead atoms. The van der Waals surface area contributed by atoms with E-state index >= 15 is 0 Å². The van der Waals surface area contributed by atoms with Gasteiger partial charge in [0.15, 0.2) is 0 Å². The fraction of sp³-hybridized carbons (Fsp3) is 0.571. The van der Waals surface area contributed by atoms with Crippen molar-refractivity contribution < 1.29 is 18.3 Å². The molecule has 6 nitrogen and oxygen atoms in total. The van der Waals surface area contributed by atoms with E-state index in [2.05, 4.69) is 0 Å². The monoisotopic (exact) mass is 314 g/mol. The van der Waals surface area contributed by atoms with Gasteiger partial charge in [-0.15, -0.1) is 0 Å². The third-order valence-electron chi connectivity index (χ3n) is 3.92. The number of rotatable bonds is 5. The highest BCUT2D eigenvalue weighted by Crippen LogP contribution is 2.27. The predicted molar refractivity (Wildman–Crippen MR) is 79.8 cm³/mol. The number of sulfonamides is 1. The van der Waals surface area contributed by atoms with Crippen molar-refractivity contribution in [2.75, 3.05) is 34.3 Å². The number of hydrogen-bond acceptors (Lipinski definition) is 5. The van der Waals surface area contributed by atoms with Gasteiger partial charge in [0.2, 0.25) is 10.0 Å². The normalized spacial score (nSPS) is 20.1. The molecule has 21 heavy (non-hydrogen) atoms. The number of nitrogens with zero attached hydrogens (tertiary/aromatic N) is 2. The van der Waals surface area contributed by atoms with E-state index in [-0.39, 0.29) is 17.5 Å². The molecule has 0 amide bonds. The molecule has 1 aliphatic heterocycles. The van der Waals surface area contributed by atoms with Crippen LogP contribution in [0.4, 0.5) is 0 Å². The number of likely N-dealkylation sites (N-methyl/N-ethyl adjacent to an activating group) is 1. The van der Waals surface area contributed by atoms with Gasteiger partial charge in [0.1, 0.15) is 5.75 Å². The van der Waals surface area contributed by atoms with Crippen LogP contribution in [0.5, 0.6) is 5.75 Å². The molecule has 1 aliphatic rings. The van der Waals surface area contributed by atoms with E-state index < -0.39 is 10.0 Å². The predicted octanol–water partition coefficient (Wildman–Crippen LogP) is 0.512. The molecule has 1 heterocycles. The van der Waals surface area contributed by atoms with Crippen molar-refractivity contribution in [2.24, 2.45) is 0 Å². The van der Waals surface area contributed by atoms with E-state index in [1.807, 2.05) is 19.0 Å². The molecule has 1 atom stereocenters. The molecule has 1 aromatic rings. The topological polar surface area (TPSA) is 70.1 Å². The Labute approximate surface area is 126 Å². The molecule has 1 fully saturated rings. The maximum absolute atomic E-state index is 12.7. The first-order valence-corrected chi connectivity index (χ1v) is 8.28. The van der Waals surface area contributed by atoms with E-state index in [1.54, 1.807) is 6.07 Å². The van der Waals surface area contributed by atoms with Crippen LogP contribution in [-0.4, -0.2) is 63.1 Å². The summed E-state index contributed by atoms with van der Waals surface area (Å²) < 4.78 is 31.9. The number of hydrogen-bond donors (Lipinski definition) is 1. The van der Waals surface area contributed by atoms with Gasteiger partial charge in [-0.2, -0.15) is 4.31 Å². The van der Waals surface area contributed by atoms with Gasteiger partial charge in [-0.05, 0) is 38.7 Å². The van der Waals surface area contributed by atoms with Crippen molar-refractivity contribution in [1.29, 1.82) is 0 Å². The van der Waals surface area contributed by atoms with Crippen molar-refractivity contribution >= 4 is 10.0 Å². The summed E-state index contributed by atoms with van der Waals surface area (Å²) in [7, 11) is 1.88. The molecule has 2 rings (SSSR count). The first kappa shape index (κ1) is 16.2. The largest absolute Gasteiger partial charge is 0.496 e. The Balaban J connectivity index is 2.28. The number of ether oxygens (including phenoxy) is 1. The Bertz CT molecular complexity index is 601. The average molecular weight is 314 g/mol. The zero-order chi connectivity index (χ0) is 15.6. The highest BCUT2D eigenvalue weighted by molar-refractivity contribution is 7.89. The molecular formula is C14H22N2O4S. The van der Waals surface area contributed by atoms with Crippen molar-refractivity contribution in [3.8, 4) is 5.75 Å². The highest BCUT2D eigenvalue weighted by Gasteiger charge is 2.33. The molecule has 1 unspecified atom stereocenters. The summed E-state index contributed by atoms with van der Waals surface area (Å²) in [6, 6.07) is 4.83. The van der Waals surface area contributed by atoms with Crippen LogP contribution in [0.3, 0.4) is 0 Å². The van der Waals surface area contributed by atoms with Crippen LogP contribution in [-0.2, 0) is 16.6 Å². The lowest BCUT2D eigenvalue weighted by Crippen LogP contribution is -2.34. The van der Waals surface area contributed by atoms with E-state index in [4.69, 9.17) is 4.74 Å². The van der Waals surface area contributed by atoms with Gasteiger partial charge in [-0.1, -0.05) is 0 Å². The summed E-state index contributed by atoms with van der Waals surface area (Å²) in [6.45, 7) is 0.758. The van der Waals surface area contributed by atoms with E-state index in [0.29, 0.717) is 24.4 Å². The van der Waals surface area contributed by atoms with Gasteiger partial charge >= 0.3 is 0 Å². The minimum absolute atomic E-state index is 0.201. The number of benzene rings is 1. The Kier molecular flexibility index (Phi) is 4.88. The molecule has 118 valence electrons. The number of aliphatic hydroxyl groups is 1. The second-order valence-electron chi connectivity index (χ2n) is 5.40. The maximum Gasteiger partial charge on any atom is 0.243 e. The Morgan fingerprint density at radius 2 is 2.14 bits per heavy atom. The van der Waals surface area contributed by atoms with E-state index in [0.717, 1.165) is 6.42 Å². The van der Waals surface area contributed by atoms with Crippen LogP contribution in [0, 0.1) is 0 Å². The lowest BCUT2D eigenvalue weighted by molar-refractivity contribution is 0.273. The summed E-state index contributed by atoms with van der Waals surface area (Å²) in [5.74, 6) is 0.490. The van der Waals surface area contributed by atoms with Gasteiger partial charge in [0.25, 0.3) is 0 Å². The van der Waals surface area contributed by atoms with Crippen LogP contribution in [0.1, 0.15) is 12.0 Å². The molecule has 0 aromatic heterocycles. The molecule has 7 heteroatoms. The van der Waals surface area contributed by atoms with Crippen LogP contribution >= 0.6 is 0 Å². The first-order valence-electron chi connectivity index (χ1n) is 6.84. The molecule has 1 saturated heterocycles. The van der Waals surface area contributed by atoms with Crippen LogP contribution in [0.25, 0.3) is 0 Å². The van der Waals surface area contributed by atoms with Crippen molar-refractivity contribution in [3.63, 3.8) is 0 Å². The van der Waals surface area contributed by atoms with E-state index in [9.17, 15) is 13.5 Å². The number of aliphatic hydroxyl groups excluding tert-OH is 1. The molecular weight excluding hydrogens is 292 g/mol. The SMILES string of the molecule is COc1ccc(S(=O)(=O)N2CCC(N(C)C)C2)cc1CO. The molecule has 1 aromatic carbocycles. The summed E-state index contributed by atoms with van der Waals surface area (Å²) in [4.78, 5) is 2.25. The molecule has 0 spiro atoms. The van der Waals surface area contributed by atoms with Crippen molar-refractivity contribution in [3.05, 3.63) is 23.8 Å². The summed E-state index contributed by atoms with van der Waals surface area (Å²) in [5.41, 5.74) is 0.474. The second-order valence-corrected chi connectivity index (χ2v) is 7.34.